The number of aromatic nitrogens is 2. The third kappa shape index (κ3) is 4.17. The van der Waals surface area contributed by atoms with Crippen molar-refractivity contribution in [3.63, 3.8) is 0 Å². The van der Waals surface area contributed by atoms with Crippen molar-refractivity contribution in [2.24, 2.45) is 0 Å². The molecule has 0 atom stereocenters. The zero-order valence-corrected chi connectivity index (χ0v) is 14.3. The first-order chi connectivity index (χ1) is 12.0. The Balaban J connectivity index is 1.71. The molecule has 0 saturated heterocycles. The topological polar surface area (TPSA) is 92.9 Å². The van der Waals surface area contributed by atoms with Crippen LogP contribution < -0.4 is 16.4 Å². The lowest BCUT2D eigenvalue weighted by Gasteiger charge is -2.09. The van der Waals surface area contributed by atoms with Crippen molar-refractivity contribution >= 4 is 52.0 Å². The second-order valence-corrected chi connectivity index (χ2v) is 5.92. The van der Waals surface area contributed by atoms with Gasteiger partial charge in [-0.25, -0.2) is 0 Å². The summed E-state index contributed by atoms with van der Waals surface area (Å²) in [5.74, 6) is 0.0944. The average Bonchev–Trinajstić information content (AvgIpc) is 2.61. The fourth-order valence-electron chi connectivity index (χ4n) is 2.04. The molecule has 0 aliphatic heterocycles. The third-order valence-electron chi connectivity index (χ3n) is 3.28. The summed E-state index contributed by atoms with van der Waals surface area (Å²) in [4.78, 5) is 12.1. The van der Waals surface area contributed by atoms with Gasteiger partial charge in [-0.3, -0.25) is 4.79 Å². The first kappa shape index (κ1) is 17.0. The molecule has 126 valence electrons. The Hall–Kier alpha value is -2.83. The van der Waals surface area contributed by atoms with Gasteiger partial charge in [-0.05, 0) is 36.4 Å². The van der Waals surface area contributed by atoms with Crippen LogP contribution in [0.3, 0.4) is 0 Å². The van der Waals surface area contributed by atoms with Crippen molar-refractivity contribution in [2.45, 2.75) is 0 Å². The van der Waals surface area contributed by atoms with Crippen molar-refractivity contribution in [2.75, 3.05) is 16.4 Å². The Bertz CT molecular complexity index is 878. The molecule has 3 aromatic rings. The van der Waals surface area contributed by atoms with E-state index in [1.807, 2.05) is 18.2 Å². The molecule has 0 fully saturated rings. The molecule has 0 saturated carbocycles. The van der Waals surface area contributed by atoms with Gasteiger partial charge in [0.1, 0.15) is 0 Å². The smallest absolute Gasteiger partial charge is 0.276 e. The zero-order chi connectivity index (χ0) is 17.8. The number of nitrogens with zero attached hydrogens (tertiary/aromatic N) is 2. The van der Waals surface area contributed by atoms with E-state index in [2.05, 4.69) is 20.8 Å². The number of hydrogen-bond donors (Lipinski definition) is 3. The number of hydrogen-bond acceptors (Lipinski definition) is 5. The SMILES string of the molecule is Nc1c(Cl)cc(Nc2ccc(C(=O)Nc3ccccc3)nn2)cc1Cl. The maximum Gasteiger partial charge on any atom is 0.276 e. The first-order valence-electron chi connectivity index (χ1n) is 7.24. The van der Waals surface area contributed by atoms with Gasteiger partial charge in [-0.2, -0.15) is 0 Å². The van der Waals surface area contributed by atoms with Gasteiger partial charge in [-0.15, -0.1) is 10.2 Å². The van der Waals surface area contributed by atoms with Gasteiger partial charge in [0, 0.05) is 11.4 Å². The second-order valence-electron chi connectivity index (χ2n) is 5.10. The monoisotopic (exact) mass is 373 g/mol. The fraction of sp³-hybridized carbons (Fsp3) is 0. The molecular weight excluding hydrogens is 361 g/mol. The molecule has 0 aliphatic rings. The highest BCUT2D eigenvalue weighted by Gasteiger charge is 2.10. The van der Waals surface area contributed by atoms with Gasteiger partial charge in [0.05, 0.1) is 15.7 Å². The van der Waals surface area contributed by atoms with Gasteiger partial charge >= 0.3 is 0 Å². The summed E-state index contributed by atoms with van der Waals surface area (Å²) >= 11 is 12.0. The van der Waals surface area contributed by atoms with E-state index in [0.717, 1.165) is 0 Å². The van der Waals surface area contributed by atoms with E-state index in [9.17, 15) is 4.79 Å². The van der Waals surface area contributed by atoms with Crippen LogP contribution in [0.4, 0.5) is 22.9 Å². The summed E-state index contributed by atoms with van der Waals surface area (Å²) in [5, 5.41) is 14.3. The predicted molar refractivity (Wildman–Crippen MR) is 101 cm³/mol. The molecular formula is C17H13Cl2N5O. The van der Waals surface area contributed by atoms with Gasteiger partial charge in [0.15, 0.2) is 11.5 Å². The molecule has 0 aliphatic carbocycles. The second kappa shape index (κ2) is 7.38. The number of amides is 1. The van der Waals surface area contributed by atoms with Crippen LogP contribution in [0.1, 0.15) is 10.5 Å². The van der Waals surface area contributed by atoms with E-state index in [0.29, 0.717) is 32.9 Å². The van der Waals surface area contributed by atoms with Crippen LogP contribution in [-0.4, -0.2) is 16.1 Å². The normalized spacial score (nSPS) is 10.3. The first-order valence-corrected chi connectivity index (χ1v) is 8.00. The highest BCUT2D eigenvalue weighted by atomic mass is 35.5. The van der Waals surface area contributed by atoms with Gasteiger partial charge in [0.25, 0.3) is 5.91 Å². The van der Waals surface area contributed by atoms with Gasteiger partial charge < -0.3 is 16.4 Å². The van der Waals surface area contributed by atoms with E-state index in [1.165, 1.54) is 0 Å². The number of carbonyl (C=O) groups is 1. The minimum absolute atomic E-state index is 0.197. The predicted octanol–water partition coefficient (Wildman–Crippen LogP) is 4.36. The molecule has 0 spiro atoms. The number of nitrogen functional groups attached to an aromatic ring is 1. The van der Waals surface area contributed by atoms with E-state index in [-0.39, 0.29) is 11.6 Å². The number of nitrogens with one attached hydrogen (secondary N) is 2. The molecule has 1 heterocycles. The van der Waals surface area contributed by atoms with Crippen LogP contribution in [0.5, 0.6) is 0 Å². The summed E-state index contributed by atoms with van der Waals surface area (Å²) in [7, 11) is 0. The van der Waals surface area contributed by atoms with Crippen molar-refractivity contribution in [3.05, 3.63) is 70.3 Å². The summed E-state index contributed by atoms with van der Waals surface area (Å²) in [6, 6.07) is 15.5. The van der Waals surface area contributed by atoms with Crippen molar-refractivity contribution in [1.29, 1.82) is 0 Å². The van der Waals surface area contributed by atoms with Crippen LogP contribution in [0.2, 0.25) is 10.0 Å². The summed E-state index contributed by atoms with van der Waals surface area (Å²) in [6.45, 7) is 0. The van der Waals surface area contributed by atoms with E-state index >= 15 is 0 Å². The maximum atomic E-state index is 12.1. The molecule has 0 bridgehead atoms. The minimum Gasteiger partial charge on any atom is -0.396 e. The number of benzene rings is 2. The van der Waals surface area contributed by atoms with Crippen LogP contribution in [0.25, 0.3) is 0 Å². The van der Waals surface area contributed by atoms with Crippen molar-refractivity contribution in [1.82, 2.24) is 10.2 Å². The largest absolute Gasteiger partial charge is 0.396 e. The minimum atomic E-state index is -0.344. The van der Waals surface area contributed by atoms with Gasteiger partial charge in [0.2, 0.25) is 0 Å². The molecule has 0 radical (unpaired) electrons. The van der Waals surface area contributed by atoms with Crippen LogP contribution in [-0.2, 0) is 0 Å². The Labute approximate surface area is 154 Å². The Morgan fingerprint density at radius 1 is 0.920 bits per heavy atom. The highest BCUT2D eigenvalue weighted by Crippen LogP contribution is 2.32. The molecule has 6 nitrogen and oxygen atoms in total. The molecule has 4 N–H and O–H groups in total. The number of halogens is 2. The Kier molecular flexibility index (Phi) is 5.02. The molecule has 1 amide bonds. The number of anilines is 4. The molecule has 8 heteroatoms. The highest BCUT2D eigenvalue weighted by molar-refractivity contribution is 6.39. The van der Waals surface area contributed by atoms with Gasteiger partial charge in [-0.1, -0.05) is 41.4 Å². The maximum absolute atomic E-state index is 12.1. The van der Waals surface area contributed by atoms with Crippen LogP contribution in [0, 0.1) is 0 Å². The fourth-order valence-corrected chi connectivity index (χ4v) is 2.53. The Morgan fingerprint density at radius 3 is 2.20 bits per heavy atom. The van der Waals surface area contributed by atoms with Crippen molar-refractivity contribution in [3.8, 4) is 0 Å². The van der Waals surface area contributed by atoms with Crippen molar-refractivity contribution < 1.29 is 4.79 Å². The molecule has 0 unspecified atom stereocenters. The van der Waals surface area contributed by atoms with Crippen LogP contribution in [0.15, 0.2) is 54.6 Å². The number of rotatable bonds is 4. The van der Waals surface area contributed by atoms with E-state index < -0.39 is 0 Å². The number of para-hydroxylation sites is 1. The van der Waals surface area contributed by atoms with Crippen LogP contribution >= 0.6 is 23.2 Å². The summed E-state index contributed by atoms with van der Waals surface area (Å²) in [6.07, 6.45) is 0. The average molecular weight is 374 g/mol. The number of carbonyl (C=O) groups excluding carboxylic acids is 1. The lowest BCUT2D eigenvalue weighted by molar-refractivity contribution is 0.102. The summed E-state index contributed by atoms with van der Waals surface area (Å²) < 4.78 is 0. The molecule has 3 rings (SSSR count). The molecule has 2 aromatic carbocycles. The van der Waals surface area contributed by atoms with E-state index in [1.54, 1.807) is 36.4 Å². The van der Waals surface area contributed by atoms with E-state index in [4.69, 9.17) is 28.9 Å². The third-order valence-corrected chi connectivity index (χ3v) is 3.91. The lowest BCUT2D eigenvalue weighted by atomic mass is 10.2. The quantitative estimate of drug-likeness (QED) is 0.590. The lowest BCUT2D eigenvalue weighted by Crippen LogP contribution is -2.14. The molecule has 25 heavy (non-hydrogen) atoms. The Morgan fingerprint density at radius 2 is 1.60 bits per heavy atom. The number of nitrogens with two attached hydrogens (primary N) is 1. The molecule has 1 aromatic heterocycles. The zero-order valence-electron chi connectivity index (χ0n) is 12.8. The standard InChI is InChI=1S/C17H13Cl2N5O/c18-12-8-11(9-13(19)16(12)20)21-15-7-6-14(23-24-15)17(25)22-10-4-2-1-3-5-10/h1-9H,20H2,(H,21,24)(H,22,25). The summed E-state index contributed by atoms with van der Waals surface area (Å²) in [5.41, 5.74) is 7.50.